The molecule has 0 aromatic heterocycles. The second kappa shape index (κ2) is 6.83. The molecule has 21 heavy (non-hydrogen) atoms. The lowest BCUT2D eigenvalue weighted by molar-refractivity contribution is -0.155. The van der Waals surface area contributed by atoms with Crippen molar-refractivity contribution in [3.63, 3.8) is 0 Å². The highest BCUT2D eigenvalue weighted by atomic mass is 16.5. The van der Waals surface area contributed by atoms with E-state index in [0.29, 0.717) is 6.54 Å². The van der Waals surface area contributed by atoms with Gasteiger partial charge in [-0.05, 0) is 19.4 Å². The molecule has 2 rings (SSSR count). The maximum absolute atomic E-state index is 12.0. The molecule has 1 aliphatic rings. The molecule has 1 N–H and O–H groups in total. The molecule has 0 bridgehead atoms. The van der Waals surface area contributed by atoms with Crippen molar-refractivity contribution in [3.8, 4) is 0 Å². The number of hydrogen-bond donors (Lipinski definition) is 1. The van der Waals surface area contributed by atoms with E-state index in [4.69, 9.17) is 4.74 Å². The van der Waals surface area contributed by atoms with Crippen molar-refractivity contribution >= 4 is 11.8 Å². The van der Waals surface area contributed by atoms with Gasteiger partial charge in [0.15, 0.2) is 6.23 Å². The van der Waals surface area contributed by atoms with Crippen LogP contribution in [0.15, 0.2) is 30.3 Å². The monoisotopic (exact) mass is 290 g/mol. The van der Waals surface area contributed by atoms with Crippen molar-refractivity contribution < 1.29 is 14.3 Å². The smallest absolute Gasteiger partial charge is 0.233 e. The fourth-order valence-electron chi connectivity index (χ4n) is 2.52. The highest BCUT2D eigenvalue weighted by molar-refractivity contribution is 5.96. The molecule has 114 valence electrons. The number of imide groups is 1. The summed E-state index contributed by atoms with van der Waals surface area (Å²) >= 11 is 0. The van der Waals surface area contributed by atoms with Crippen LogP contribution in [0.25, 0.3) is 0 Å². The number of benzene rings is 1. The van der Waals surface area contributed by atoms with Crippen molar-refractivity contribution in [3.05, 3.63) is 35.9 Å². The predicted molar refractivity (Wildman–Crippen MR) is 79.2 cm³/mol. The second-order valence-corrected chi connectivity index (χ2v) is 5.54. The Morgan fingerprint density at radius 2 is 2.05 bits per heavy atom. The van der Waals surface area contributed by atoms with E-state index in [1.165, 1.54) is 11.8 Å². The molecular formula is C16H22N2O3. The van der Waals surface area contributed by atoms with E-state index in [1.54, 1.807) is 0 Å². The Morgan fingerprint density at radius 3 is 2.62 bits per heavy atom. The number of nitrogens with one attached hydrogen (secondary N) is 1. The van der Waals surface area contributed by atoms with Crippen LogP contribution in [0.5, 0.6) is 0 Å². The first kappa shape index (κ1) is 15.7. The third-order valence-electron chi connectivity index (χ3n) is 3.42. The van der Waals surface area contributed by atoms with Gasteiger partial charge < -0.3 is 10.1 Å². The SMILES string of the molecule is CC(=O)N1C(=O)C[C@H](NCc2ccccc2)[C@H]1OC(C)C. The summed E-state index contributed by atoms with van der Waals surface area (Å²) < 4.78 is 5.78. The van der Waals surface area contributed by atoms with Crippen molar-refractivity contribution in [2.75, 3.05) is 0 Å². The number of ether oxygens (including phenoxy) is 1. The molecule has 0 aliphatic carbocycles. The van der Waals surface area contributed by atoms with Gasteiger partial charge >= 0.3 is 0 Å². The Kier molecular flexibility index (Phi) is 5.09. The summed E-state index contributed by atoms with van der Waals surface area (Å²) in [6.45, 7) is 5.83. The van der Waals surface area contributed by atoms with Gasteiger partial charge in [0.25, 0.3) is 0 Å². The van der Waals surface area contributed by atoms with Crippen LogP contribution < -0.4 is 5.32 Å². The van der Waals surface area contributed by atoms with Gasteiger partial charge in [-0.25, -0.2) is 0 Å². The van der Waals surface area contributed by atoms with E-state index in [0.717, 1.165) is 5.56 Å². The number of likely N-dealkylation sites (tertiary alicyclic amines) is 1. The van der Waals surface area contributed by atoms with E-state index >= 15 is 0 Å². The van der Waals surface area contributed by atoms with Gasteiger partial charge in [0.1, 0.15) is 0 Å². The van der Waals surface area contributed by atoms with Crippen LogP contribution in [0.4, 0.5) is 0 Å². The maximum Gasteiger partial charge on any atom is 0.233 e. The van der Waals surface area contributed by atoms with Gasteiger partial charge in [0, 0.05) is 19.9 Å². The number of carbonyl (C=O) groups excluding carboxylic acids is 2. The Hall–Kier alpha value is -1.72. The minimum absolute atomic E-state index is 0.0521. The Balaban J connectivity index is 2.06. The van der Waals surface area contributed by atoms with Crippen LogP contribution in [0, 0.1) is 0 Å². The quantitative estimate of drug-likeness (QED) is 0.896. The highest BCUT2D eigenvalue weighted by Crippen LogP contribution is 2.22. The van der Waals surface area contributed by atoms with Gasteiger partial charge in [0.2, 0.25) is 11.8 Å². The van der Waals surface area contributed by atoms with Crippen LogP contribution in [-0.4, -0.2) is 35.1 Å². The van der Waals surface area contributed by atoms with Crippen molar-refractivity contribution in [2.24, 2.45) is 0 Å². The third-order valence-corrected chi connectivity index (χ3v) is 3.42. The Labute approximate surface area is 125 Å². The number of amides is 2. The summed E-state index contributed by atoms with van der Waals surface area (Å²) in [4.78, 5) is 24.9. The number of nitrogens with zero attached hydrogens (tertiary/aromatic N) is 1. The Bertz CT molecular complexity index is 502. The number of carbonyl (C=O) groups is 2. The summed E-state index contributed by atoms with van der Waals surface area (Å²) in [5.74, 6) is -0.451. The van der Waals surface area contributed by atoms with Crippen LogP contribution in [0.1, 0.15) is 32.8 Å². The predicted octanol–water partition coefficient (Wildman–Crippen LogP) is 1.67. The molecule has 0 unspecified atom stereocenters. The molecule has 1 heterocycles. The number of rotatable bonds is 5. The molecule has 5 heteroatoms. The molecule has 1 aromatic carbocycles. The van der Waals surface area contributed by atoms with Crippen LogP contribution in [0.2, 0.25) is 0 Å². The first-order chi connectivity index (χ1) is 9.99. The molecule has 1 saturated heterocycles. The van der Waals surface area contributed by atoms with E-state index in [9.17, 15) is 9.59 Å². The summed E-state index contributed by atoms with van der Waals surface area (Å²) in [5.41, 5.74) is 1.13. The minimum Gasteiger partial charge on any atom is -0.353 e. The minimum atomic E-state index is -0.529. The number of hydrogen-bond acceptors (Lipinski definition) is 4. The normalized spacial score (nSPS) is 22.1. The lowest BCUT2D eigenvalue weighted by atomic mass is 10.2. The molecule has 0 saturated carbocycles. The molecule has 0 spiro atoms. The standard InChI is InChI=1S/C16H22N2O3/c1-11(2)21-16-14(9-15(20)18(16)12(3)19)17-10-13-7-5-4-6-8-13/h4-8,11,14,16-17H,9-10H2,1-3H3/t14-,16+/m0/s1. The van der Waals surface area contributed by atoms with Crippen LogP contribution in [0.3, 0.4) is 0 Å². The van der Waals surface area contributed by atoms with Gasteiger partial charge in [-0.3, -0.25) is 14.5 Å². The van der Waals surface area contributed by atoms with Gasteiger partial charge in [-0.15, -0.1) is 0 Å². The van der Waals surface area contributed by atoms with Crippen molar-refractivity contribution in [1.29, 1.82) is 0 Å². The fraction of sp³-hybridized carbons (Fsp3) is 0.500. The molecule has 1 aliphatic heterocycles. The van der Waals surface area contributed by atoms with Gasteiger partial charge in [-0.1, -0.05) is 30.3 Å². The van der Waals surface area contributed by atoms with Gasteiger partial charge in [-0.2, -0.15) is 0 Å². The van der Waals surface area contributed by atoms with Crippen LogP contribution in [-0.2, 0) is 20.9 Å². The molecule has 1 aromatic rings. The summed E-state index contributed by atoms with van der Waals surface area (Å²) in [7, 11) is 0. The Morgan fingerprint density at radius 1 is 1.38 bits per heavy atom. The van der Waals surface area contributed by atoms with Crippen molar-refractivity contribution in [1.82, 2.24) is 10.2 Å². The topological polar surface area (TPSA) is 58.6 Å². The zero-order valence-electron chi connectivity index (χ0n) is 12.7. The van der Waals surface area contributed by atoms with E-state index < -0.39 is 6.23 Å². The maximum atomic E-state index is 12.0. The zero-order valence-corrected chi connectivity index (χ0v) is 12.7. The lowest BCUT2D eigenvalue weighted by Crippen LogP contribution is -2.47. The second-order valence-electron chi connectivity index (χ2n) is 5.54. The largest absolute Gasteiger partial charge is 0.353 e. The molecule has 0 radical (unpaired) electrons. The molecule has 2 atom stereocenters. The lowest BCUT2D eigenvalue weighted by Gasteiger charge is -2.28. The highest BCUT2D eigenvalue weighted by Gasteiger charge is 2.43. The summed E-state index contributed by atoms with van der Waals surface area (Å²) in [6.07, 6.45) is -0.299. The average Bonchev–Trinajstić information content (AvgIpc) is 2.73. The van der Waals surface area contributed by atoms with E-state index in [-0.39, 0.29) is 30.4 Å². The first-order valence-corrected chi connectivity index (χ1v) is 7.24. The molecule has 5 nitrogen and oxygen atoms in total. The zero-order chi connectivity index (χ0) is 15.4. The van der Waals surface area contributed by atoms with E-state index in [2.05, 4.69) is 5.32 Å². The van der Waals surface area contributed by atoms with Crippen LogP contribution >= 0.6 is 0 Å². The van der Waals surface area contributed by atoms with Gasteiger partial charge in [0.05, 0.1) is 12.1 Å². The summed E-state index contributed by atoms with van der Waals surface area (Å²) in [6, 6.07) is 9.77. The molecular weight excluding hydrogens is 268 g/mol. The fourth-order valence-corrected chi connectivity index (χ4v) is 2.52. The first-order valence-electron chi connectivity index (χ1n) is 7.24. The summed E-state index contributed by atoms with van der Waals surface area (Å²) in [5, 5.41) is 3.33. The molecule has 2 amide bonds. The average molecular weight is 290 g/mol. The van der Waals surface area contributed by atoms with E-state index in [1.807, 2.05) is 44.2 Å². The van der Waals surface area contributed by atoms with Crippen molar-refractivity contribution in [2.45, 2.75) is 52.1 Å². The molecule has 1 fully saturated rings. The third kappa shape index (κ3) is 3.89.